The SMILES string of the molecule is Cc1ccc(C(N)c2cccc(C)c2Br)cc1F. The molecule has 2 N–H and O–H groups in total. The standard InChI is InChI=1S/C15H15BrFN/c1-9-6-7-11(8-13(9)17)15(18)12-5-3-4-10(2)14(12)16/h3-8,15H,18H2,1-2H3. The molecule has 18 heavy (non-hydrogen) atoms. The molecule has 2 aromatic carbocycles. The molecule has 1 atom stereocenters. The van der Waals surface area contributed by atoms with Crippen molar-refractivity contribution >= 4 is 15.9 Å². The maximum atomic E-state index is 13.6. The Kier molecular flexibility index (Phi) is 3.83. The van der Waals surface area contributed by atoms with Gasteiger partial charge in [0.2, 0.25) is 0 Å². The smallest absolute Gasteiger partial charge is 0.126 e. The zero-order chi connectivity index (χ0) is 13.3. The second-order valence-corrected chi connectivity index (χ2v) is 5.26. The van der Waals surface area contributed by atoms with E-state index in [4.69, 9.17) is 5.73 Å². The van der Waals surface area contributed by atoms with Gasteiger partial charge in [-0.25, -0.2) is 4.39 Å². The fraction of sp³-hybridized carbons (Fsp3) is 0.200. The topological polar surface area (TPSA) is 26.0 Å². The van der Waals surface area contributed by atoms with Gasteiger partial charge in [0, 0.05) is 4.47 Å². The van der Waals surface area contributed by atoms with Gasteiger partial charge >= 0.3 is 0 Å². The quantitative estimate of drug-likeness (QED) is 0.881. The van der Waals surface area contributed by atoms with E-state index in [1.807, 2.05) is 31.2 Å². The summed E-state index contributed by atoms with van der Waals surface area (Å²) in [5.41, 5.74) is 9.72. The van der Waals surface area contributed by atoms with E-state index < -0.39 is 0 Å². The van der Waals surface area contributed by atoms with Crippen LogP contribution in [0.4, 0.5) is 4.39 Å². The van der Waals surface area contributed by atoms with Gasteiger partial charge in [0.05, 0.1) is 6.04 Å². The number of hydrogen-bond donors (Lipinski definition) is 1. The molecule has 0 heterocycles. The van der Waals surface area contributed by atoms with Crippen LogP contribution < -0.4 is 5.73 Å². The minimum atomic E-state index is -0.325. The molecule has 0 spiro atoms. The molecule has 0 radical (unpaired) electrons. The second-order valence-electron chi connectivity index (χ2n) is 4.46. The Hall–Kier alpha value is -1.19. The lowest BCUT2D eigenvalue weighted by molar-refractivity contribution is 0.614. The molecule has 0 amide bonds. The molecule has 0 aliphatic rings. The maximum Gasteiger partial charge on any atom is 0.126 e. The molecule has 0 aliphatic heterocycles. The third-order valence-electron chi connectivity index (χ3n) is 3.11. The molecule has 0 aromatic heterocycles. The molecule has 0 bridgehead atoms. The molecule has 0 fully saturated rings. The third kappa shape index (κ3) is 2.47. The zero-order valence-electron chi connectivity index (χ0n) is 10.4. The molecule has 0 aliphatic carbocycles. The summed E-state index contributed by atoms with van der Waals surface area (Å²) in [7, 11) is 0. The van der Waals surface area contributed by atoms with Crippen LogP contribution >= 0.6 is 15.9 Å². The van der Waals surface area contributed by atoms with Gasteiger partial charge in [0.25, 0.3) is 0 Å². The van der Waals surface area contributed by atoms with Crippen molar-refractivity contribution in [3.63, 3.8) is 0 Å². The first-order chi connectivity index (χ1) is 8.50. The van der Waals surface area contributed by atoms with E-state index in [-0.39, 0.29) is 11.9 Å². The number of hydrogen-bond acceptors (Lipinski definition) is 1. The summed E-state index contributed by atoms with van der Waals surface area (Å²) in [4.78, 5) is 0. The molecule has 94 valence electrons. The van der Waals surface area contributed by atoms with Crippen LogP contribution in [0.5, 0.6) is 0 Å². The van der Waals surface area contributed by atoms with Crippen molar-refractivity contribution < 1.29 is 4.39 Å². The van der Waals surface area contributed by atoms with E-state index in [1.54, 1.807) is 13.0 Å². The monoisotopic (exact) mass is 307 g/mol. The summed E-state index contributed by atoms with van der Waals surface area (Å²) in [5.74, 6) is -0.216. The first-order valence-corrected chi connectivity index (χ1v) is 6.56. The Morgan fingerprint density at radius 1 is 1.11 bits per heavy atom. The molecule has 0 saturated heterocycles. The Labute approximate surface area is 115 Å². The van der Waals surface area contributed by atoms with Crippen LogP contribution in [-0.4, -0.2) is 0 Å². The number of benzene rings is 2. The van der Waals surface area contributed by atoms with Gasteiger partial charge < -0.3 is 5.73 Å². The van der Waals surface area contributed by atoms with Gasteiger partial charge in [0.1, 0.15) is 5.82 Å². The molecule has 0 saturated carbocycles. The summed E-state index contributed by atoms with van der Waals surface area (Å²) in [6.45, 7) is 3.75. The Morgan fingerprint density at radius 2 is 1.83 bits per heavy atom. The van der Waals surface area contributed by atoms with Gasteiger partial charge in [-0.1, -0.05) is 46.3 Å². The fourth-order valence-electron chi connectivity index (χ4n) is 1.89. The van der Waals surface area contributed by atoms with Crippen LogP contribution in [-0.2, 0) is 0 Å². The van der Waals surface area contributed by atoms with Crippen LogP contribution in [0, 0.1) is 19.7 Å². The summed E-state index contributed by atoms with van der Waals surface area (Å²) >= 11 is 3.54. The van der Waals surface area contributed by atoms with E-state index in [9.17, 15) is 4.39 Å². The molecular weight excluding hydrogens is 293 g/mol. The number of aryl methyl sites for hydroxylation is 2. The Balaban J connectivity index is 2.44. The van der Waals surface area contributed by atoms with Gasteiger partial charge in [-0.05, 0) is 42.2 Å². The highest BCUT2D eigenvalue weighted by Gasteiger charge is 2.14. The van der Waals surface area contributed by atoms with E-state index >= 15 is 0 Å². The van der Waals surface area contributed by atoms with Crippen molar-refractivity contribution in [2.24, 2.45) is 5.73 Å². The van der Waals surface area contributed by atoms with Crippen molar-refractivity contribution in [1.82, 2.24) is 0 Å². The largest absolute Gasteiger partial charge is 0.320 e. The second kappa shape index (κ2) is 5.21. The van der Waals surface area contributed by atoms with E-state index in [0.717, 1.165) is 21.2 Å². The zero-order valence-corrected chi connectivity index (χ0v) is 12.0. The van der Waals surface area contributed by atoms with E-state index in [2.05, 4.69) is 15.9 Å². The van der Waals surface area contributed by atoms with E-state index in [1.165, 1.54) is 6.07 Å². The van der Waals surface area contributed by atoms with Crippen LogP contribution in [0.3, 0.4) is 0 Å². The van der Waals surface area contributed by atoms with Crippen molar-refractivity contribution in [1.29, 1.82) is 0 Å². The first kappa shape index (κ1) is 13.2. The highest BCUT2D eigenvalue weighted by Crippen LogP contribution is 2.29. The molecule has 2 rings (SSSR count). The average Bonchev–Trinajstić information content (AvgIpc) is 2.35. The number of nitrogens with two attached hydrogens (primary N) is 1. The van der Waals surface area contributed by atoms with E-state index in [0.29, 0.717) is 5.56 Å². The highest BCUT2D eigenvalue weighted by molar-refractivity contribution is 9.10. The lowest BCUT2D eigenvalue weighted by Gasteiger charge is -2.16. The van der Waals surface area contributed by atoms with Crippen LogP contribution in [0.25, 0.3) is 0 Å². The van der Waals surface area contributed by atoms with Gasteiger partial charge in [-0.2, -0.15) is 0 Å². The minimum Gasteiger partial charge on any atom is -0.320 e. The molecule has 1 unspecified atom stereocenters. The summed E-state index contributed by atoms with van der Waals surface area (Å²) in [6, 6.07) is 10.7. The van der Waals surface area contributed by atoms with Crippen molar-refractivity contribution in [2.75, 3.05) is 0 Å². The summed E-state index contributed by atoms with van der Waals surface area (Å²) in [5, 5.41) is 0. The number of halogens is 2. The summed E-state index contributed by atoms with van der Waals surface area (Å²) in [6.07, 6.45) is 0. The summed E-state index contributed by atoms with van der Waals surface area (Å²) < 4.78 is 14.6. The Bertz CT molecular complexity index is 581. The van der Waals surface area contributed by atoms with Gasteiger partial charge in [-0.3, -0.25) is 0 Å². The third-order valence-corrected chi connectivity index (χ3v) is 4.19. The highest BCUT2D eigenvalue weighted by atomic mass is 79.9. The van der Waals surface area contributed by atoms with Crippen LogP contribution in [0.15, 0.2) is 40.9 Å². The Morgan fingerprint density at radius 3 is 2.50 bits per heavy atom. The maximum absolute atomic E-state index is 13.6. The van der Waals surface area contributed by atoms with Crippen molar-refractivity contribution in [2.45, 2.75) is 19.9 Å². The molecular formula is C15H15BrFN. The van der Waals surface area contributed by atoms with Gasteiger partial charge in [0.15, 0.2) is 0 Å². The van der Waals surface area contributed by atoms with Crippen molar-refractivity contribution in [3.8, 4) is 0 Å². The average molecular weight is 308 g/mol. The first-order valence-electron chi connectivity index (χ1n) is 5.77. The predicted molar refractivity (Wildman–Crippen MR) is 76.0 cm³/mol. The van der Waals surface area contributed by atoms with Crippen LogP contribution in [0.1, 0.15) is 28.3 Å². The van der Waals surface area contributed by atoms with Crippen molar-refractivity contribution in [3.05, 3.63) is 68.9 Å². The molecule has 3 heteroatoms. The predicted octanol–water partition coefficient (Wildman–Crippen LogP) is 4.25. The minimum absolute atomic E-state index is 0.216. The number of rotatable bonds is 2. The normalized spacial score (nSPS) is 12.5. The lowest BCUT2D eigenvalue weighted by atomic mass is 9.97. The molecule has 1 nitrogen and oxygen atoms in total. The fourth-order valence-corrected chi connectivity index (χ4v) is 2.40. The lowest BCUT2D eigenvalue weighted by Crippen LogP contribution is -2.13. The van der Waals surface area contributed by atoms with Crippen LogP contribution in [0.2, 0.25) is 0 Å². The van der Waals surface area contributed by atoms with Gasteiger partial charge in [-0.15, -0.1) is 0 Å². The molecule has 2 aromatic rings.